The van der Waals surface area contributed by atoms with Crippen molar-refractivity contribution in [1.82, 2.24) is 5.32 Å². The molecule has 118 valence electrons. The van der Waals surface area contributed by atoms with E-state index in [4.69, 9.17) is 9.15 Å². The topological polar surface area (TPSA) is 51.5 Å². The molecule has 1 aromatic heterocycles. The SMILES string of the molecule is CCN[C@H]1C[C@H](Oc2ccc3oc(C(=O)C(C)C)cc3c2)C1. The maximum atomic E-state index is 12.0. The summed E-state index contributed by atoms with van der Waals surface area (Å²) in [5, 5.41) is 4.34. The predicted octanol–water partition coefficient (Wildman–Crippen LogP) is 3.79. The largest absolute Gasteiger partial charge is 0.490 e. The van der Waals surface area contributed by atoms with Crippen LogP contribution in [0.4, 0.5) is 0 Å². The molecule has 1 heterocycles. The van der Waals surface area contributed by atoms with E-state index in [0.717, 1.165) is 36.1 Å². The molecule has 0 atom stereocenters. The lowest BCUT2D eigenvalue weighted by molar-refractivity contribution is 0.0861. The number of ketones is 1. The van der Waals surface area contributed by atoms with Crippen LogP contribution in [0.1, 0.15) is 44.2 Å². The highest BCUT2D eigenvalue weighted by Gasteiger charge is 2.30. The van der Waals surface area contributed by atoms with Gasteiger partial charge in [-0.15, -0.1) is 0 Å². The van der Waals surface area contributed by atoms with Gasteiger partial charge in [0.1, 0.15) is 17.4 Å². The van der Waals surface area contributed by atoms with E-state index in [1.807, 2.05) is 38.1 Å². The molecule has 4 nitrogen and oxygen atoms in total. The lowest BCUT2D eigenvalue weighted by Crippen LogP contribution is -2.46. The van der Waals surface area contributed by atoms with Crippen LogP contribution in [0.3, 0.4) is 0 Å². The summed E-state index contributed by atoms with van der Waals surface area (Å²) in [7, 11) is 0. The number of nitrogens with one attached hydrogen (secondary N) is 1. The fourth-order valence-corrected chi connectivity index (χ4v) is 2.81. The summed E-state index contributed by atoms with van der Waals surface area (Å²) < 4.78 is 11.6. The Morgan fingerprint density at radius 3 is 2.82 bits per heavy atom. The average molecular weight is 301 g/mol. The Morgan fingerprint density at radius 2 is 2.14 bits per heavy atom. The highest BCUT2D eigenvalue weighted by atomic mass is 16.5. The second-order valence-electron chi connectivity index (χ2n) is 6.30. The Kier molecular flexibility index (Phi) is 4.21. The Morgan fingerprint density at radius 1 is 1.36 bits per heavy atom. The Labute approximate surface area is 130 Å². The minimum atomic E-state index is -0.0609. The number of ether oxygens (including phenoxy) is 1. The van der Waals surface area contributed by atoms with Crippen molar-refractivity contribution in [3.63, 3.8) is 0 Å². The van der Waals surface area contributed by atoms with Gasteiger partial charge in [-0.1, -0.05) is 20.8 Å². The zero-order valence-corrected chi connectivity index (χ0v) is 13.4. The zero-order valence-electron chi connectivity index (χ0n) is 13.4. The van der Waals surface area contributed by atoms with E-state index in [1.165, 1.54) is 0 Å². The van der Waals surface area contributed by atoms with Crippen LogP contribution >= 0.6 is 0 Å². The predicted molar refractivity (Wildman–Crippen MR) is 86.5 cm³/mol. The molecule has 0 unspecified atom stereocenters. The normalized spacial score (nSPS) is 21.1. The summed E-state index contributed by atoms with van der Waals surface area (Å²) in [6.45, 7) is 6.88. The molecule has 0 spiro atoms. The minimum Gasteiger partial charge on any atom is -0.490 e. The van der Waals surface area contributed by atoms with Gasteiger partial charge < -0.3 is 14.5 Å². The fourth-order valence-electron chi connectivity index (χ4n) is 2.81. The number of rotatable bonds is 6. The second kappa shape index (κ2) is 6.13. The van der Waals surface area contributed by atoms with Gasteiger partial charge in [-0.25, -0.2) is 0 Å². The number of hydrogen-bond donors (Lipinski definition) is 1. The fraction of sp³-hybridized carbons (Fsp3) is 0.500. The number of fused-ring (bicyclic) bond motifs is 1. The molecule has 1 aliphatic rings. The van der Waals surface area contributed by atoms with E-state index >= 15 is 0 Å². The third-order valence-corrected chi connectivity index (χ3v) is 4.15. The van der Waals surface area contributed by atoms with Gasteiger partial charge in [0, 0.05) is 17.3 Å². The molecule has 0 saturated heterocycles. The van der Waals surface area contributed by atoms with Gasteiger partial charge in [0.2, 0.25) is 5.78 Å². The molecule has 1 saturated carbocycles. The minimum absolute atomic E-state index is 0.0335. The molecule has 1 N–H and O–H groups in total. The Bertz CT molecular complexity index is 668. The molecule has 0 radical (unpaired) electrons. The highest BCUT2D eigenvalue weighted by molar-refractivity contribution is 5.98. The standard InChI is InChI=1S/C18H23NO3/c1-4-19-13-9-15(10-13)21-14-5-6-16-12(7-14)8-17(22-16)18(20)11(2)3/h5-8,11,13,15,19H,4,9-10H2,1-3H3/t13-,15-. The average Bonchev–Trinajstić information content (AvgIpc) is 2.87. The van der Waals surface area contributed by atoms with E-state index in [1.54, 1.807) is 0 Å². The van der Waals surface area contributed by atoms with Gasteiger partial charge in [-0.3, -0.25) is 4.79 Å². The molecule has 22 heavy (non-hydrogen) atoms. The van der Waals surface area contributed by atoms with Crippen LogP contribution in [0, 0.1) is 5.92 Å². The molecular formula is C18H23NO3. The number of carbonyl (C=O) groups is 1. The smallest absolute Gasteiger partial charge is 0.200 e. The summed E-state index contributed by atoms with van der Waals surface area (Å²) in [4.78, 5) is 12.0. The molecule has 0 bridgehead atoms. The van der Waals surface area contributed by atoms with Crippen molar-refractivity contribution in [2.24, 2.45) is 5.92 Å². The molecule has 1 aromatic carbocycles. The van der Waals surface area contributed by atoms with Gasteiger partial charge in [0.15, 0.2) is 5.76 Å². The van der Waals surface area contributed by atoms with Crippen LogP contribution < -0.4 is 10.1 Å². The van der Waals surface area contributed by atoms with Crippen LogP contribution in [0.25, 0.3) is 11.0 Å². The molecule has 3 rings (SSSR count). The van der Waals surface area contributed by atoms with Crippen LogP contribution in [0.2, 0.25) is 0 Å². The van der Waals surface area contributed by atoms with E-state index in [0.29, 0.717) is 11.8 Å². The summed E-state index contributed by atoms with van der Waals surface area (Å²) in [5.41, 5.74) is 0.732. The monoisotopic (exact) mass is 301 g/mol. The lowest BCUT2D eigenvalue weighted by Gasteiger charge is -2.35. The first kappa shape index (κ1) is 15.1. The number of Topliss-reactive ketones (excluding diaryl/α,β-unsaturated/α-hetero) is 1. The molecule has 1 fully saturated rings. The number of carbonyl (C=O) groups excluding carboxylic acids is 1. The number of furan rings is 1. The van der Waals surface area contributed by atoms with Crippen molar-refractivity contribution in [2.45, 2.75) is 45.8 Å². The second-order valence-corrected chi connectivity index (χ2v) is 6.30. The molecule has 0 amide bonds. The summed E-state index contributed by atoms with van der Waals surface area (Å²) in [6, 6.07) is 8.14. The van der Waals surface area contributed by atoms with Crippen LogP contribution in [0.15, 0.2) is 28.7 Å². The zero-order chi connectivity index (χ0) is 15.7. The van der Waals surface area contributed by atoms with Crippen molar-refractivity contribution in [3.05, 3.63) is 30.0 Å². The summed E-state index contributed by atoms with van der Waals surface area (Å²) >= 11 is 0. The molecule has 0 aliphatic heterocycles. The lowest BCUT2D eigenvalue weighted by atomic mass is 9.89. The van der Waals surface area contributed by atoms with Gasteiger partial charge in [0.25, 0.3) is 0 Å². The summed E-state index contributed by atoms with van der Waals surface area (Å²) in [6.07, 6.45) is 2.38. The van der Waals surface area contributed by atoms with Gasteiger partial charge in [0.05, 0.1) is 0 Å². The van der Waals surface area contributed by atoms with Crippen molar-refractivity contribution in [2.75, 3.05) is 6.54 Å². The van der Waals surface area contributed by atoms with Crippen LogP contribution in [0.5, 0.6) is 5.75 Å². The third kappa shape index (κ3) is 3.02. The van der Waals surface area contributed by atoms with Crippen LogP contribution in [-0.2, 0) is 0 Å². The van der Waals surface area contributed by atoms with E-state index in [9.17, 15) is 4.79 Å². The Hall–Kier alpha value is -1.81. The molecule has 2 aromatic rings. The van der Waals surface area contributed by atoms with Gasteiger partial charge >= 0.3 is 0 Å². The van der Waals surface area contributed by atoms with Crippen LogP contribution in [-0.4, -0.2) is 24.5 Å². The maximum absolute atomic E-state index is 12.0. The quantitative estimate of drug-likeness (QED) is 0.825. The Balaban J connectivity index is 1.69. The van der Waals surface area contributed by atoms with Crippen molar-refractivity contribution in [1.29, 1.82) is 0 Å². The summed E-state index contributed by atoms with van der Waals surface area (Å²) in [5.74, 6) is 1.25. The van der Waals surface area contributed by atoms with Crippen molar-refractivity contribution >= 4 is 16.8 Å². The van der Waals surface area contributed by atoms with Gasteiger partial charge in [-0.05, 0) is 43.7 Å². The molecular weight excluding hydrogens is 278 g/mol. The van der Waals surface area contributed by atoms with E-state index < -0.39 is 0 Å². The van der Waals surface area contributed by atoms with E-state index in [-0.39, 0.29) is 17.8 Å². The van der Waals surface area contributed by atoms with Crippen molar-refractivity contribution < 1.29 is 13.9 Å². The maximum Gasteiger partial charge on any atom is 0.200 e. The molecule has 1 aliphatic carbocycles. The molecule has 4 heteroatoms. The van der Waals surface area contributed by atoms with Crippen molar-refractivity contribution in [3.8, 4) is 5.75 Å². The number of benzene rings is 1. The highest BCUT2D eigenvalue weighted by Crippen LogP contribution is 2.30. The van der Waals surface area contributed by atoms with Gasteiger partial charge in [-0.2, -0.15) is 0 Å². The van der Waals surface area contributed by atoms with E-state index in [2.05, 4.69) is 12.2 Å². The third-order valence-electron chi connectivity index (χ3n) is 4.15. The number of hydrogen-bond acceptors (Lipinski definition) is 4. The first-order valence-corrected chi connectivity index (χ1v) is 8.04. The first-order chi connectivity index (χ1) is 10.6. The first-order valence-electron chi connectivity index (χ1n) is 8.04.